The molecule has 1 fully saturated rings. The fourth-order valence-corrected chi connectivity index (χ4v) is 5.33. The van der Waals surface area contributed by atoms with Gasteiger partial charge in [-0.15, -0.1) is 11.3 Å². The molecule has 1 saturated carbocycles. The van der Waals surface area contributed by atoms with Gasteiger partial charge >= 0.3 is 0 Å². The Morgan fingerprint density at radius 1 is 1.19 bits per heavy atom. The van der Waals surface area contributed by atoms with Crippen molar-refractivity contribution in [1.29, 1.82) is 0 Å². The highest BCUT2D eigenvalue weighted by Gasteiger charge is 2.22. The van der Waals surface area contributed by atoms with Crippen LogP contribution in [0.5, 0.6) is 0 Å². The van der Waals surface area contributed by atoms with Crippen molar-refractivity contribution in [3.05, 3.63) is 56.0 Å². The highest BCUT2D eigenvalue weighted by molar-refractivity contribution is 7.99. The summed E-state index contributed by atoms with van der Waals surface area (Å²) >= 11 is 8.56. The highest BCUT2D eigenvalue weighted by atomic mass is 35.5. The number of thioether (sulfide) groups is 1. The summed E-state index contributed by atoms with van der Waals surface area (Å²) in [5.74, 6) is -0.743. The number of thiophene rings is 1. The summed E-state index contributed by atoms with van der Waals surface area (Å²) < 4.78 is 1.73. The Kier molecular flexibility index (Phi) is 6.94. The third-order valence-corrected chi connectivity index (χ3v) is 7.22. The Labute approximate surface area is 192 Å². The molecule has 1 aliphatic rings. The van der Waals surface area contributed by atoms with Crippen LogP contribution < -0.4 is 16.4 Å². The zero-order valence-electron chi connectivity index (χ0n) is 16.6. The first kappa shape index (κ1) is 21.9. The van der Waals surface area contributed by atoms with Crippen molar-refractivity contribution < 1.29 is 9.59 Å². The average Bonchev–Trinajstić information content (AvgIpc) is 3.31. The number of carbonyl (C=O) groups is 2. The molecule has 162 valence electrons. The van der Waals surface area contributed by atoms with Crippen molar-refractivity contribution in [3.63, 3.8) is 0 Å². The number of amides is 2. The SMILES string of the molecule is O=C(CSc1nc2cc(Cl)ccc2c(=O)n1C1CCCCC1)NNC(=O)c1cccs1. The maximum absolute atomic E-state index is 13.3. The van der Waals surface area contributed by atoms with Gasteiger partial charge in [0.25, 0.3) is 11.5 Å². The maximum atomic E-state index is 13.3. The predicted octanol–water partition coefficient (Wildman–Crippen LogP) is 4.17. The van der Waals surface area contributed by atoms with Gasteiger partial charge in [0.1, 0.15) is 0 Å². The molecule has 0 aliphatic heterocycles. The molecular formula is C21H21ClN4O3S2. The largest absolute Gasteiger partial charge is 0.284 e. The second-order valence-electron chi connectivity index (χ2n) is 7.29. The second kappa shape index (κ2) is 9.84. The number of hydrogen-bond donors (Lipinski definition) is 2. The lowest BCUT2D eigenvalue weighted by atomic mass is 9.95. The zero-order chi connectivity index (χ0) is 21.8. The van der Waals surface area contributed by atoms with Crippen LogP contribution in [0.4, 0.5) is 0 Å². The Morgan fingerprint density at radius 2 is 2.00 bits per heavy atom. The molecule has 2 heterocycles. The van der Waals surface area contributed by atoms with E-state index < -0.39 is 0 Å². The minimum atomic E-state index is -0.384. The van der Waals surface area contributed by atoms with Gasteiger partial charge in [-0.25, -0.2) is 4.98 Å². The van der Waals surface area contributed by atoms with E-state index in [0.29, 0.717) is 26.0 Å². The van der Waals surface area contributed by atoms with Crippen molar-refractivity contribution in [3.8, 4) is 0 Å². The van der Waals surface area contributed by atoms with Crippen molar-refractivity contribution in [2.24, 2.45) is 0 Å². The van der Waals surface area contributed by atoms with Crippen molar-refractivity contribution in [1.82, 2.24) is 20.4 Å². The highest BCUT2D eigenvalue weighted by Crippen LogP contribution is 2.31. The normalized spacial score (nSPS) is 14.5. The smallest absolute Gasteiger partial charge is 0.279 e. The van der Waals surface area contributed by atoms with Gasteiger partial charge in [-0.3, -0.25) is 29.8 Å². The van der Waals surface area contributed by atoms with E-state index in [2.05, 4.69) is 15.8 Å². The van der Waals surface area contributed by atoms with E-state index in [1.54, 1.807) is 40.3 Å². The van der Waals surface area contributed by atoms with Crippen LogP contribution in [0.3, 0.4) is 0 Å². The molecule has 1 aromatic carbocycles. The number of carbonyl (C=O) groups excluding carboxylic acids is 2. The van der Waals surface area contributed by atoms with E-state index in [0.717, 1.165) is 32.1 Å². The zero-order valence-corrected chi connectivity index (χ0v) is 19.0. The van der Waals surface area contributed by atoms with Crippen LogP contribution in [0.2, 0.25) is 5.02 Å². The molecule has 2 amide bonds. The second-order valence-corrected chi connectivity index (χ2v) is 9.62. The first-order chi connectivity index (χ1) is 15.0. The summed E-state index contributed by atoms with van der Waals surface area (Å²) in [5, 5.41) is 3.30. The molecule has 0 radical (unpaired) electrons. The van der Waals surface area contributed by atoms with E-state index in [1.165, 1.54) is 23.1 Å². The predicted molar refractivity (Wildman–Crippen MR) is 124 cm³/mol. The fraction of sp³-hybridized carbons (Fsp3) is 0.333. The molecule has 0 atom stereocenters. The van der Waals surface area contributed by atoms with Crippen LogP contribution in [-0.2, 0) is 4.79 Å². The van der Waals surface area contributed by atoms with E-state index in [1.807, 2.05) is 0 Å². The van der Waals surface area contributed by atoms with Crippen LogP contribution in [0.1, 0.15) is 47.8 Å². The van der Waals surface area contributed by atoms with Gasteiger partial charge in [0.05, 0.1) is 21.5 Å². The number of rotatable bonds is 5. The number of aromatic nitrogens is 2. The molecule has 2 aromatic heterocycles. The van der Waals surface area contributed by atoms with Crippen molar-refractivity contribution in [2.45, 2.75) is 43.3 Å². The molecule has 0 unspecified atom stereocenters. The summed E-state index contributed by atoms with van der Waals surface area (Å²) in [4.78, 5) is 42.7. The molecule has 2 N–H and O–H groups in total. The third-order valence-electron chi connectivity index (χ3n) is 5.16. The van der Waals surface area contributed by atoms with Crippen LogP contribution in [0.25, 0.3) is 10.9 Å². The molecule has 0 bridgehead atoms. The van der Waals surface area contributed by atoms with E-state index in [-0.39, 0.29) is 29.2 Å². The van der Waals surface area contributed by atoms with E-state index in [9.17, 15) is 14.4 Å². The standard InChI is InChI=1S/C21H21ClN4O3S2/c22-13-8-9-15-16(11-13)23-21(26(20(15)29)14-5-2-1-3-6-14)31-12-18(27)24-25-19(28)17-7-4-10-30-17/h4,7-11,14H,1-3,5-6,12H2,(H,24,27)(H,25,28). The number of halogens is 1. The molecule has 4 rings (SSSR count). The lowest BCUT2D eigenvalue weighted by Gasteiger charge is -2.26. The topological polar surface area (TPSA) is 93.1 Å². The number of nitrogens with one attached hydrogen (secondary N) is 2. The fourth-order valence-electron chi connectivity index (χ4n) is 3.68. The first-order valence-electron chi connectivity index (χ1n) is 10.0. The van der Waals surface area contributed by atoms with Crippen molar-refractivity contribution >= 4 is 57.4 Å². The van der Waals surface area contributed by atoms with Crippen molar-refractivity contribution in [2.75, 3.05) is 5.75 Å². The minimum absolute atomic E-state index is 0.00987. The van der Waals surface area contributed by atoms with Gasteiger partial charge in [-0.05, 0) is 42.5 Å². The van der Waals surface area contributed by atoms with Gasteiger partial charge in [0.2, 0.25) is 5.91 Å². The van der Waals surface area contributed by atoms with E-state index >= 15 is 0 Å². The molecule has 1 aliphatic carbocycles. The van der Waals surface area contributed by atoms with E-state index in [4.69, 9.17) is 11.6 Å². The number of nitrogens with zero attached hydrogens (tertiary/aromatic N) is 2. The Balaban J connectivity index is 1.53. The quantitative estimate of drug-likeness (QED) is 0.327. The summed E-state index contributed by atoms with van der Waals surface area (Å²) in [6.07, 6.45) is 5.12. The van der Waals surface area contributed by atoms with Gasteiger partial charge in [0, 0.05) is 11.1 Å². The summed E-state index contributed by atoms with van der Waals surface area (Å²) in [6, 6.07) is 8.56. The molecule has 0 saturated heterocycles. The van der Waals surface area contributed by atoms with Gasteiger partial charge in [-0.2, -0.15) is 0 Å². The third kappa shape index (κ3) is 5.11. The molecule has 31 heavy (non-hydrogen) atoms. The van der Waals surface area contributed by atoms with Crippen LogP contribution >= 0.6 is 34.7 Å². The maximum Gasteiger partial charge on any atom is 0.279 e. The number of fused-ring (bicyclic) bond motifs is 1. The molecular weight excluding hydrogens is 456 g/mol. The Morgan fingerprint density at radius 3 is 2.74 bits per heavy atom. The summed E-state index contributed by atoms with van der Waals surface area (Å²) in [6.45, 7) is 0. The van der Waals surface area contributed by atoms with Gasteiger partial charge in [-0.1, -0.05) is 48.7 Å². The number of hydrogen-bond acceptors (Lipinski definition) is 6. The Hall–Kier alpha value is -2.36. The number of benzene rings is 1. The van der Waals surface area contributed by atoms with Crippen LogP contribution in [-0.4, -0.2) is 27.1 Å². The van der Waals surface area contributed by atoms with Crippen LogP contribution in [0.15, 0.2) is 45.7 Å². The van der Waals surface area contributed by atoms with Crippen LogP contribution in [0, 0.1) is 0 Å². The lowest BCUT2D eigenvalue weighted by molar-refractivity contribution is -0.119. The number of hydrazine groups is 1. The van der Waals surface area contributed by atoms with Gasteiger partial charge < -0.3 is 0 Å². The molecule has 7 nitrogen and oxygen atoms in total. The Bertz CT molecular complexity index is 1160. The molecule has 0 spiro atoms. The first-order valence-corrected chi connectivity index (χ1v) is 12.2. The van der Waals surface area contributed by atoms with Gasteiger partial charge in [0.15, 0.2) is 5.16 Å². The monoisotopic (exact) mass is 476 g/mol. The molecule has 10 heteroatoms. The lowest BCUT2D eigenvalue weighted by Crippen LogP contribution is -2.42. The average molecular weight is 477 g/mol. The summed E-state index contributed by atoms with van der Waals surface area (Å²) in [7, 11) is 0. The minimum Gasteiger partial charge on any atom is -0.284 e. The molecule has 3 aromatic rings. The summed E-state index contributed by atoms with van der Waals surface area (Å²) in [5.41, 5.74) is 5.22.